The minimum Gasteiger partial charge on any atom is -0.303 e. The lowest BCUT2D eigenvalue weighted by molar-refractivity contribution is 0.220. The van der Waals surface area contributed by atoms with Gasteiger partial charge in [0.05, 0.1) is 0 Å². The Morgan fingerprint density at radius 2 is 2.00 bits per heavy atom. The lowest BCUT2D eigenvalue weighted by atomic mass is 9.96. The zero-order valence-electron chi connectivity index (χ0n) is 9.06. The van der Waals surface area contributed by atoms with Gasteiger partial charge in [-0.3, -0.25) is 0 Å². The van der Waals surface area contributed by atoms with Crippen LogP contribution in [0.5, 0.6) is 0 Å². The van der Waals surface area contributed by atoms with Gasteiger partial charge in [0.15, 0.2) is 0 Å². The van der Waals surface area contributed by atoms with E-state index in [1.807, 2.05) is 0 Å². The van der Waals surface area contributed by atoms with E-state index < -0.39 is 0 Å². The first-order valence-corrected chi connectivity index (χ1v) is 5.23. The van der Waals surface area contributed by atoms with Crippen LogP contribution in [0.15, 0.2) is 0 Å². The van der Waals surface area contributed by atoms with E-state index in [0.29, 0.717) is 5.41 Å². The summed E-state index contributed by atoms with van der Waals surface area (Å²) in [5.41, 5.74) is 0.475. The topological polar surface area (TPSA) is 3.24 Å². The first-order chi connectivity index (χ1) is 5.51. The highest BCUT2D eigenvalue weighted by atomic mass is 15.1. The number of likely N-dealkylation sites (tertiary alicyclic amines) is 1. The molecule has 0 aromatic rings. The van der Waals surface area contributed by atoms with Crippen LogP contribution in [0, 0.1) is 11.3 Å². The van der Waals surface area contributed by atoms with Crippen LogP contribution in [-0.4, -0.2) is 24.5 Å². The van der Waals surface area contributed by atoms with Crippen molar-refractivity contribution in [2.24, 2.45) is 11.3 Å². The number of hydrogen-bond donors (Lipinski definition) is 0. The zero-order valence-corrected chi connectivity index (χ0v) is 9.06. The molecule has 0 radical (unpaired) electrons. The van der Waals surface area contributed by atoms with Gasteiger partial charge in [-0.05, 0) is 24.3 Å². The summed E-state index contributed by atoms with van der Waals surface area (Å²) in [6.07, 6.45) is 2.78. The van der Waals surface area contributed by atoms with Crippen LogP contribution >= 0.6 is 0 Å². The molecule has 1 saturated heterocycles. The van der Waals surface area contributed by atoms with Gasteiger partial charge in [-0.1, -0.05) is 34.1 Å². The van der Waals surface area contributed by atoms with Gasteiger partial charge >= 0.3 is 0 Å². The zero-order chi connectivity index (χ0) is 9.19. The Morgan fingerprint density at radius 1 is 1.33 bits per heavy atom. The van der Waals surface area contributed by atoms with Crippen molar-refractivity contribution in [1.82, 2.24) is 4.90 Å². The second-order valence-electron chi connectivity index (χ2n) is 5.36. The molecular weight excluding hydrogens is 146 g/mol. The number of hydrogen-bond acceptors (Lipinski definition) is 1. The van der Waals surface area contributed by atoms with Crippen molar-refractivity contribution in [3.63, 3.8) is 0 Å². The maximum Gasteiger partial charge on any atom is 0.00302 e. The van der Waals surface area contributed by atoms with Gasteiger partial charge in [0, 0.05) is 13.1 Å². The smallest absolute Gasteiger partial charge is 0.00302 e. The summed E-state index contributed by atoms with van der Waals surface area (Å²) in [6.45, 7) is 13.2. The van der Waals surface area contributed by atoms with Crippen molar-refractivity contribution < 1.29 is 0 Å². The standard InChI is InChI=1S/C11H23N/c1-5-10-6-7-12(8-10)9-11(2,3)4/h10H,5-9H2,1-4H3/t10-/m0/s1. The van der Waals surface area contributed by atoms with Gasteiger partial charge in [-0.25, -0.2) is 0 Å². The minimum absolute atomic E-state index is 0.475. The SMILES string of the molecule is CC[C@H]1CCN(CC(C)(C)C)C1. The normalized spacial score (nSPS) is 26.5. The predicted octanol–water partition coefficient (Wildman–Crippen LogP) is 2.76. The van der Waals surface area contributed by atoms with E-state index in [9.17, 15) is 0 Å². The molecular formula is C11H23N. The van der Waals surface area contributed by atoms with E-state index in [2.05, 4.69) is 32.6 Å². The lowest BCUT2D eigenvalue weighted by Crippen LogP contribution is -2.30. The molecule has 0 aliphatic carbocycles. The third-order valence-corrected chi connectivity index (χ3v) is 2.65. The quantitative estimate of drug-likeness (QED) is 0.614. The Kier molecular flexibility index (Phi) is 3.16. The first kappa shape index (κ1) is 10.0. The molecule has 0 saturated carbocycles. The monoisotopic (exact) mass is 169 g/mol. The number of rotatable bonds is 2. The van der Waals surface area contributed by atoms with Crippen LogP contribution in [0.25, 0.3) is 0 Å². The van der Waals surface area contributed by atoms with E-state index in [4.69, 9.17) is 0 Å². The summed E-state index contributed by atoms with van der Waals surface area (Å²) < 4.78 is 0. The van der Waals surface area contributed by atoms with Gasteiger partial charge in [-0.2, -0.15) is 0 Å². The molecule has 0 N–H and O–H groups in total. The Labute approximate surface area is 77.1 Å². The molecule has 1 nitrogen and oxygen atoms in total. The average Bonchev–Trinajstić information content (AvgIpc) is 2.32. The van der Waals surface area contributed by atoms with Crippen molar-refractivity contribution in [2.75, 3.05) is 19.6 Å². The Hall–Kier alpha value is -0.0400. The largest absolute Gasteiger partial charge is 0.303 e. The highest BCUT2D eigenvalue weighted by molar-refractivity contribution is 4.78. The average molecular weight is 169 g/mol. The van der Waals surface area contributed by atoms with Crippen molar-refractivity contribution in [1.29, 1.82) is 0 Å². The van der Waals surface area contributed by atoms with Crippen molar-refractivity contribution in [3.8, 4) is 0 Å². The number of nitrogens with zero attached hydrogens (tertiary/aromatic N) is 1. The lowest BCUT2D eigenvalue weighted by Gasteiger charge is -2.26. The highest BCUT2D eigenvalue weighted by Gasteiger charge is 2.24. The molecule has 1 heterocycles. The van der Waals surface area contributed by atoms with Gasteiger partial charge in [0.2, 0.25) is 0 Å². The van der Waals surface area contributed by atoms with Crippen LogP contribution < -0.4 is 0 Å². The molecule has 0 unspecified atom stereocenters. The summed E-state index contributed by atoms with van der Waals surface area (Å²) in [7, 11) is 0. The van der Waals surface area contributed by atoms with E-state index >= 15 is 0 Å². The molecule has 12 heavy (non-hydrogen) atoms. The predicted molar refractivity (Wildman–Crippen MR) is 54.3 cm³/mol. The molecule has 1 aliphatic heterocycles. The summed E-state index contributed by atoms with van der Waals surface area (Å²) >= 11 is 0. The molecule has 1 rings (SSSR count). The van der Waals surface area contributed by atoms with Gasteiger partial charge in [0.25, 0.3) is 0 Å². The van der Waals surface area contributed by atoms with E-state index in [-0.39, 0.29) is 0 Å². The molecule has 0 aromatic heterocycles. The van der Waals surface area contributed by atoms with E-state index in [0.717, 1.165) is 5.92 Å². The van der Waals surface area contributed by atoms with Crippen LogP contribution in [-0.2, 0) is 0 Å². The third kappa shape index (κ3) is 3.14. The second kappa shape index (κ2) is 3.78. The van der Waals surface area contributed by atoms with Crippen LogP contribution in [0.1, 0.15) is 40.5 Å². The van der Waals surface area contributed by atoms with Gasteiger partial charge in [-0.15, -0.1) is 0 Å². The van der Waals surface area contributed by atoms with Crippen LogP contribution in [0.2, 0.25) is 0 Å². The Bertz CT molecular complexity index is 134. The maximum atomic E-state index is 2.62. The molecule has 0 amide bonds. The van der Waals surface area contributed by atoms with Gasteiger partial charge < -0.3 is 4.90 Å². The molecule has 0 spiro atoms. The summed E-state index contributed by atoms with van der Waals surface area (Å²) in [4.78, 5) is 2.62. The molecule has 1 fully saturated rings. The molecule has 1 heteroatoms. The van der Waals surface area contributed by atoms with Crippen LogP contribution in [0.4, 0.5) is 0 Å². The Balaban J connectivity index is 2.28. The fourth-order valence-electron chi connectivity index (χ4n) is 2.06. The highest BCUT2D eigenvalue weighted by Crippen LogP contribution is 2.23. The molecule has 1 aliphatic rings. The molecule has 0 aromatic carbocycles. The van der Waals surface area contributed by atoms with Crippen molar-refractivity contribution in [2.45, 2.75) is 40.5 Å². The maximum absolute atomic E-state index is 2.62. The van der Waals surface area contributed by atoms with Crippen molar-refractivity contribution in [3.05, 3.63) is 0 Å². The molecule has 0 bridgehead atoms. The van der Waals surface area contributed by atoms with Crippen LogP contribution in [0.3, 0.4) is 0 Å². The van der Waals surface area contributed by atoms with Crippen molar-refractivity contribution >= 4 is 0 Å². The first-order valence-electron chi connectivity index (χ1n) is 5.23. The summed E-state index contributed by atoms with van der Waals surface area (Å²) in [5, 5.41) is 0. The molecule has 72 valence electrons. The summed E-state index contributed by atoms with van der Waals surface area (Å²) in [6, 6.07) is 0. The second-order valence-corrected chi connectivity index (χ2v) is 5.36. The Morgan fingerprint density at radius 3 is 2.42 bits per heavy atom. The minimum atomic E-state index is 0.475. The van der Waals surface area contributed by atoms with Gasteiger partial charge in [0.1, 0.15) is 0 Å². The fraction of sp³-hybridized carbons (Fsp3) is 1.00. The van der Waals surface area contributed by atoms with E-state index in [1.54, 1.807) is 0 Å². The fourth-order valence-corrected chi connectivity index (χ4v) is 2.06. The van der Waals surface area contributed by atoms with E-state index in [1.165, 1.54) is 32.5 Å². The summed E-state index contributed by atoms with van der Waals surface area (Å²) in [5.74, 6) is 0.979. The third-order valence-electron chi connectivity index (χ3n) is 2.65. The molecule has 1 atom stereocenters.